The highest BCUT2D eigenvalue weighted by Gasteiger charge is 2.36. The van der Waals surface area contributed by atoms with Crippen LogP contribution in [0.25, 0.3) is 17.2 Å². The number of cyclic esters (lactones) is 1. The van der Waals surface area contributed by atoms with Gasteiger partial charge in [0.2, 0.25) is 0 Å². The smallest absolute Gasteiger partial charge is 0.422 e. The van der Waals surface area contributed by atoms with E-state index in [9.17, 15) is 14.4 Å². The molecule has 0 bridgehead atoms. The largest absolute Gasteiger partial charge is 0.481 e. The van der Waals surface area contributed by atoms with Crippen LogP contribution in [0.3, 0.4) is 0 Å². The molecule has 0 atom stereocenters. The molecule has 1 saturated heterocycles. The quantitative estimate of drug-likeness (QED) is 0.786. The summed E-state index contributed by atoms with van der Waals surface area (Å²) in [6.45, 7) is 2.04. The Morgan fingerprint density at radius 1 is 1.11 bits per heavy atom. The summed E-state index contributed by atoms with van der Waals surface area (Å²) >= 11 is 0. The van der Waals surface area contributed by atoms with Gasteiger partial charge in [0.05, 0.1) is 0 Å². The van der Waals surface area contributed by atoms with Gasteiger partial charge in [0, 0.05) is 13.0 Å². The number of aliphatic carboxylic acids is 1. The molecule has 2 aromatic carbocycles. The number of imide groups is 1. The lowest BCUT2D eigenvalue weighted by molar-refractivity contribution is -0.137. The monoisotopic (exact) mass is 365 g/mol. The summed E-state index contributed by atoms with van der Waals surface area (Å²) in [5, 5.41) is 8.67. The fourth-order valence-electron chi connectivity index (χ4n) is 2.79. The van der Waals surface area contributed by atoms with E-state index in [-0.39, 0.29) is 25.1 Å². The molecule has 2 amide bonds. The molecule has 6 heteroatoms. The van der Waals surface area contributed by atoms with Crippen LogP contribution >= 0.6 is 0 Å². The second-order valence-corrected chi connectivity index (χ2v) is 6.32. The zero-order valence-corrected chi connectivity index (χ0v) is 14.8. The third kappa shape index (κ3) is 4.41. The second kappa shape index (κ2) is 7.86. The highest BCUT2D eigenvalue weighted by Crippen LogP contribution is 2.24. The van der Waals surface area contributed by atoms with Crippen molar-refractivity contribution < 1.29 is 24.2 Å². The van der Waals surface area contributed by atoms with Crippen LogP contribution in [0, 0.1) is 6.92 Å². The van der Waals surface area contributed by atoms with E-state index in [0.717, 1.165) is 21.6 Å². The van der Waals surface area contributed by atoms with Crippen molar-refractivity contribution in [2.24, 2.45) is 0 Å². The number of amides is 2. The maximum absolute atomic E-state index is 12.4. The molecule has 0 aliphatic carbocycles. The molecule has 0 spiro atoms. The highest BCUT2D eigenvalue weighted by atomic mass is 16.6. The van der Waals surface area contributed by atoms with Gasteiger partial charge >= 0.3 is 12.1 Å². The van der Waals surface area contributed by atoms with Gasteiger partial charge in [-0.25, -0.2) is 9.69 Å². The van der Waals surface area contributed by atoms with Crippen molar-refractivity contribution in [2.45, 2.75) is 19.8 Å². The SMILES string of the molecule is Cc1ccc(-c2cccc(/C=C3\OC(=O)N(CCCC(=O)O)C3=O)c2)cc1. The molecule has 0 unspecified atom stereocenters. The Morgan fingerprint density at radius 3 is 2.56 bits per heavy atom. The fraction of sp³-hybridized carbons (Fsp3) is 0.190. The van der Waals surface area contributed by atoms with E-state index >= 15 is 0 Å². The van der Waals surface area contributed by atoms with Crippen LogP contribution < -0.4 is 0 Å². The van der Waals surface area contributed by atoms with Gasteiger partial charge in [-0.3, -0.25) is 9.59 Å². The average Bonchev–Trinajstić information content (AvgIpc) is 2.89. The first kappa shape index (κ1) is 18.4. The summed E-state index contributed by atoms with van der Waals surface area (Å²) in [4.78, 5) is 35.7. The van der Waals surface area contributed by atoms with Gasteiger partial charge in [0.25, 0.3) is 5.91 Å². The van der Waals surface area contributed by atoms with Gasteiger partial charge in [-0.2, -0.15) is 0 Å². The van der Waals surface area contributed by atoms with Crippen LogP contribution in [0.1, 0.15) is 24.0 Å². The summed E-state index contributed by atoms with van der Waals surface area (Å²) in [7, 11) is 0. The molecule has 1 heterocycles. The van der Waals surface area contributed by atoms with Crippen molar-refractivity contribution in [3.05, 3.63) is 65.4 Å². The zero-order valence-electron chi connectivity index (χ0n) is 14.8. The lowest BCUT2D eigenvalue weighted by Crippen LogP contribution is -2.30. The third-order valence-corrected chi connectivity index (χ3v) is 4.22. The Morgan fingerprint density at radius 2 is 1.85 bits per heavy atom. The normalized spacial score (nSPS) is 15.3. The van der Waals surface area contributed by atoms with Crippen LogP contribution in [-0.2, 0) is 14.3 Å². The predicted molar refractivity (Wildman–Crippen MR) is 99.7 cm³/mol. The minimum Gasteiger partial charge on any atom is -0.481 e. The molecule has 2 aromatic rings. The molecule has 1 aliphatic heterocycles. The number of nitrogens with zero attached hydrogens (tertiary/aromatic N) is 1. The Hall–Kier alpha value is -3.41. The van der Waals surface area contributed by atoms with Crippen LogP contribution in [0.15, 0.2) is 54.3 Å². The van der Waals surface area contributed by atoms with Crippen molar-refractivity contribution in [1.29, 1.82) is 0 Å². The first-order chi connectivity index (χ1) is 12.9. The van der Waals surface area contributed by atoms with E-state index in [2.05, 4.69) is 0 Å². The van der Waals surface area contributed by atoms with Crippen molar-refractivity contribution in [3.8, 4) is 11.1 Å². The van der Waals surface area contributed by atoms with Crippen LogP contribution in [0.2, 0.25) is 0 Å². The van der Waals surface area contributed by atoms with E-state index in [1.807, 2.05) is 55.5 Å². The Kier molecular flexibility index (Phi) is 5.35. The van der Waals surface area contributed by atoms with Crippen molar-refractivity contribution in [2.75, 3.05) is 6.54 Å². The first-order valence-electron chi connectivity index (χ1n) is 8.58. The first-order valence-corrected chi connectivity index (χ1v) is 8.58. The summed E-state index contributed by atoms with van der Waals surface area (Å²) in [5.74, 6) is -1.58. The predicted octanol–water partition coefficient (Wildman–Crippen LogP) is 3.85. The molecule has 138 valence electrons. The van der Waals surface area contributed by atoms with E-state index in [4.69, 9.17) is 9.84 Å². The number of rotatable bonds is 6. The second-order valence-electron chi connectivity index (χ2n) is 6.32. The number of carboxylic acid groups (broad SMARTS) is 1. The molecule has 6 nitrogen and oxygen atoms in total. The molecular weight excluding hydrogens is 346 g/mol. The molecule has 1 aliphatic rings. The van der Waals surface area contributed by atoms with E-state index in [1.165, 1.54) is 11.6 Å². The topological polar surface area (TPSA) is 83.9 Å². The van der Waals surface area contributed by atoms with Gasteiger partial charge in [-0.05, 0) is 42.2 Å². The molecule has 0 saturated carbocycles. The Balaban J connectivity index is 1.77. The van der Waals surface area contributed by atoms with E-state index in [1.54, 1.807) is 0 Å². The van der Waals surface area contributed by atoms with Crippen molar-refractivity contribution in [3.63, 3.8) is 0 Å². The van der Waals surface area contributed by atoms with Crippen LogP contribution in [-0.4, -0.2) is 34.5 Å². The molecule has 27 heavy (non-hydrogen) atoms. The number of aryl methyl sites for hydroxylation is 1. The highest BCUT2D eigenvalue weighted by molar-refractivity contribution is 6.09. The number of benzene rings is 2. The summed E-state index contributed by atoms with van der Waals surface area (Å²) in [6, 6.07) is 15.7. The molecule has 1 N–H and O–H groups in total. The van der Waals surface area contributed by atoms with E-state index < -0.39 is 18.0 Å². The van der Waals surface area contributed by atoms with Crippen molar-refractivity contribution >= 4 is 24.0 Å². The van der Waals surface area contributed by atoms with Crippen molar-refractivity contribution in [1.82, 2.24) is 4.90 Å². The van der Waals surface area contributed by atoms with Gasteiger partial charge < -0.3 is 9.84 Å². The van der Waals surface area contributed by atoms with Gasteiger partial charge in [0.15, 0.2) is 5.76 Å². The van der Waals surface area contributed by atoms with Crippen LogP contribution in [0.5, 0.6) is 0 Å². The van der Waals surface area contributed by atoms with Gasteiger partial charge in [0.1, 0.15) is 0 Å². The molecule has 0 radical (unpaired) electrons. The van der Waals surface area contributed by atoms with Gasteiger partial charge in [-0.15, -0.1) is 0 Å². The van der Waals surface area contributed by atoms with Gasteiger partial charge in [-0.1, -0.05) is 48.0 Å². The van der Waals surface area contributed by atoms with E-state index in [0.29, 0.717) is 0 Å². The molecule has 1 fully saturated rings. The maximum Gasteiger partial charge on any atom is 0.422 e. The number of ether oxygens (including phenoxy) is 1. The van der Waals surface area contributed by atoms with Crippen LogP contribution in [0.4, 0.5) is 4.79 Å². The number of hydrogen-bond donors (Lipinski definition) is 1. The molecule has 3 rings (SSSR count). The number of hydrogen-bond acceptors (Lipinski definition) is 4. The number of carboxylic acids is 1. The summed E-state index contributed by atoms with van der Waals surface area (Å²) in [5.41, 5.74) is 3.94. The third-order valence-electron chi connectivity index (χ3n) is 4.22. The lowest BCUT2D eigenvalue weighted by atomic mass is 10.0. The minimum absolute atomic E-state index is 0.0186. The fourth-order valence-corrected chi connectivity index (χ4v) is 2.79. The summed E-state index contributed by atoms with van der Waals surface area (Å²) in [6.07, 6.45) is 0.822. The number of carbonyl (C=O) groups excluding carboxylic acids is 2. The summed E-state index contributed by atoms with van der Waals surface area (Å²) < 4.78 is 5.06. The molecular formula is C21H19NO5. The Labute approximate surface area is 156 Å². The number of carbonyl (C=O) groups is 3. The Bertz CT molecular complexity index is 914. The average molecular weight is 365 g/mol. The molecule has 0 aromatic heterocycles. The zero-order chi connectivity index (χ0) is 19.4. The maximum atomic E-state index is 12.4. The minimum atomic E-state index is -0.973. The standard InChI is InChI=1S/C21H19NO5/c1-14-7-9-16(10-8-14)17-5-2-4-15(12-17)13-18-20(25)22(21(26)27-18)11-3-6-19(23)24/h2,4-5,7-10,12-13H,3,6,11H2,1H3,(H,23,24)/b18-13-. The lowest BCUT2D eigenvalue weighted by Gasteiger charge is -2.08.